The Hall–Kier alpha value is -4.20. The summed E-state index contributed by atoms with van der Waals surface area (Å²) in [5.74, 6) is 15.3. The van der Waals surface area contributed by atoms with E-state index in [1.54, 1.807) is 43.3 Å². The molecular weight excluding hydrogens is 352 g/mol. The summed E-state index contributed by atoms with van der Waals surface area (Å²) in [5, 5.41) is 0. The van der Waals surface area contributed by atoms with E-state index in [1.807, 2.05) is 19.1 Å². The molecule has 2 aromatic rings. The van der Waals surface area contributed by atoms with Crippen molar-refractivity contribution in [3.8, 4) is 47.0 Å². The number of aryl methyl sites for hydroxylation is 1. The maximum atomic E-state index is 11.8. The second-order valence-electron chi connectivity index (χ2n) is 5.39. The Morgan fingerprint density at radius 2 is 1.29 bits per heavy atom. The molecule has 0 atom stereocenters. The van der Waals surface area contributed by atoms with E-state index in [0.29, 0.717) is 11.5 Å². The van der Waals surface area contributed by atoms with E-state index in [4.69, 9.17) is 9.47 Å². The van der Waals surface area contributed by atoms with E-state index in [9.17, 15) is 9.59 Å². The molecule has 0 bridgehead atoms. The predicted octanol–water partition coefficient (Wildman–Crippen LogP) is 3.69. The molecule has 0 amide bonds. The van der Waals surface area contributed by atoms with Gasteiger partial charge in [0.05, 0.1) is 0 Å². The molecule has 0 radical (unpaired) electrons. The lowest BCUT2D eigenvalue weighted by atomic mass is 10.2. The molecule has 2 aromatic carbocycles. The number of esters is 2. The highest BCUT2D eigenvalue weighted by Gasteiger charge is 2.04. The van der Waals surface area contributed by atoms with Gasteiger partial charge in [0.1, 0.15) is 11.5 Å². The number of rotatable bonds is 4. The Kier molecular flexibility index (Phi) is 7.70. The third-order valence-electron chi connectivity index (χ3n) is 3.19. The van der Waals surface area contributed by atoms with Crippen LogP contribution in [0.3, 0.4) is 0 Å². The van der Waals surface area contributed by atoms with Gasteiger partial charge in [-0.1, -0.05) is 29.5 Å². The molecule has 0 fully saturated rings. The minimum atomic E-state index is -0.691. The van der Waals surface area contributed by atoms with Crippen LogP contribution in [0.2, 0.25) is 0 Å². The summed E-state index contributed by atoms with van der Waals surface area (Å²) in [6.45, 7) is 3.63. The molecule has 0 N–H and O–H groups in total. The largest absolute Gasteiger partial charge is 0.423 e. The molecule has 0 aliphatic carbocycles. The normalized spacial score (nSPS) is 9.07. The van der Waals surface area contributed by atoms with Crippen LogP contribution in [0.5, 0.6) is 11.5 Å². The van der Waals surface area contributed by atoms with Crippen LogP contribution in [0.1, 0.15) is 19.5 Å². The van der Waals surface area contributed by atoms with Crippen LogP contribution in [0.4, 0.5) is 0 Å². The van der Waals surface area contributed by atoms with Gasteiger partial charge in [-0.15, -0.1) is 0 Å². The van der Waals surface area contributed by atoms with Gasteiger partial charge < -0.3 is 9.47 Å². The van der Waals surface area contributed by atoms with Crippen molar-refractivity contribution in [3.05, 3.63) is 71.8 Å². The summed E-state index contributed by atoms with van der Waals surface area (Å²) in [4.78, 5) is 23.5. The van der Waals surface area contributed by atoms with Crippen LogP contribution in [-0.2, 0) is 9.59 Å². The molecule has 0 heterocycles. The van der Waals surface area contributed by atoms with Crippen molar-refractivity contribution in [1.29, 1.82) is 0 Å². The molecule has 28 heavy (non-hydrogen) atoms. The maximum absolute atomic E-state index is 11.8. The number of carbonyl (C=O) groups excluding carboxylic acids is 2. The van der Waals surface area contributed by atoms with E-state index in [1.165, 1.54) is 0 Å². The van der Waals surface area contributed by atoms with Crippen molar-refractivity contribution >= 4 is 11.9 Å². The van der Waals surface area contributed by atoms with Crippen LogP contribution in [0.25, 0.3) is 0 Å². The number of hydrogen-bond acceptors (Lipinski definition) is 4. The summed E-state index contributed by atoms with van der Waals surface area (Å²) >= 11 is 0. The minimum absolute atomic E-state index is 0. The molecule has 138 valence electrons. The van der Waals surface area contributed by atoms with Crippen LogP contribution >= 0.6 is 0 Å². The standard InChI is InChI=1S/C24H16O4.H2/c1-3-4-5-6-7-8-20-11-15-22(16-12-20)28-24(26)18-17-23(25)27-21-13-9-19(2)10-14-21;/h9-18H,1-2H3;1H/b18-17-;. The van der Waals surface area contributed by atoms with Gasteiger partial charge in [0, 0.05) is 19.1 Å². The fraction of sp³-hybridized carbons (Fsp3) is 0.0833. The minimum Gasteiger partial charge on any atom is -0.423 e. The quantitative estimate of drug-likeness (QED) is 0.357. The molecule has 2 rings (SSSR count). The van der Waals surface area contributed by atoms with Crippen LogP contribution in [0.15, 0.2) is 60.7 Å². The molecule has 0 saturated carbocycles. The van der Waals surface area contributed by atoms with Gasteiger partial charge in [-0.3, -0.25) is 0 Å². The molecule has 0 aliphatic rings. The van der Waals surface area contributed by atoms with Gasteiger partial charge in [-0.2, -0.15) is 0 Å². The average Bonchev–Trinajstić information content (AvgIpc) is 2.69. The lowest BCUT2D eigenvalue weighted by Gasteiger charge is -2.02. The first kappa shape index (κ1) is 20.1. The molecule has 0 spiro atoms. The van der Waals surface area contributed by atoms with Crippen molar-refractivity contribution in [3.63, 3.8) is 0 Å². The first-order chi connectivity index (χ1) is 13.6. The van der Waals surface area contributed by atoms with Gasteiger partial charge in [0.15, 0.2) is 0 Å². The van der Waals surface area contributed by atoms with E-state index in [0.717, 1.165) is 23.3 Å². The molecule has 4 nitrogen and oxygen atoms in total. The first-order valence-electron chi connectivity index (χ1n) is 8.28. The van der Waals surface area contributed by atoms with E-state index >= 15 is 0 Å². The van der Waals surface area contributed by atoms with Gasteiger partial charge >= 0.3 is 11.9 Å². The highest BCUT2D eigenvalue weighted by Crippen LogP contribution is 2.13. The third-order valence-corrected chi connectivity index (χ3v) is 3.19. The number of hydrogen-bond donors (Lipinski definition) is 0. The van der Waals surface area contributed by atoms with Crippen molar-refractivity contribution in [2.24, 2.45) is 0 Å². The molecule has 0 saturated heterocycles. The van der Waals surface area contributed by atoms with Gasteiger partial charge in [-0.25, -0.2) is 9.59 Å². The lowest BCUT2D eigenvalue weighted by molar-refractivity contribution is -0.131. The van der Waals surface area contributed by atoms with Gasteiger partial charge in [0.2, 0.25) is 0 Å². The second kappa shape index (κ2) is 10.7. The topological polar surface area (TPSA) is 52.6 Å². The number of ether oxygens (including phenoxy) is 2. The predicted molar refractivity (Wildman–Crippen MR) is 108 cm³/mol. The molecular formula is C24H18O4. The smallest absolute Gasteiger partial charge is 0.336 e. The summed E-state index contributed by atoms with van der Waals surface area (Å²) < 4.78 is 10.2. The van der Waals surface area contributed by atoms with Crippen LogP contribution < -0.4 is 9.47 Å². The Bertz CT molecular complexity index is 1060. The van der Waals surface area contributed by atoms with Crippen molar-refractivity contribution in [1.82, 2.24) is 0 Å². The highest BCUT2D eigenvalue weighted by atomic mass is 16.5. The Balaban J connectivity index is 0.00000420. The first-order valence-corrected chi connectivity index (χ1v) is 8.28. The fourth-order valence-electron chi connectivity index (χ4n) is 1.88. The van der Waals surface area contributed by atoms with E-state index in [2.05, 4.69) is 35.5 Å². The Labute approximate surface area is 165 Å². The van der Waals surface area contributed by atoms with Gasteiger partial charge in [0.25, 0.3) is 0 Å². The third kappa shape index (κ3) is 7.36. The number of benzene rings is 2. The highest BCUT2D eigenvalue weighted by molar-refractivity contribution is 5.93. The monoisotopic (exact) mass is 370 g/mol. The van der Waals surface area contributed by atoms with Crippen molar-refractivity contribution < 1.29 is 20.5 Å². The van der Waals surface area contributed by atoms with E-state index < -0.39 is 11.9 Å². The second-order valence-corrected chi connectivity index (χ2v) is 5.39. The lowest BCUT2D eigenvalue weighted by Crippen LogP contribution is -2.08. The Morgan fingerprint density at radius 3 is 1.82 bits per heavy atom. The zero-order valence-corrected chi connectivity index (χ0v) is 15.4. The van der Waals surface area contributed by atoms with Crippen LogP contribution in [-0.4, -0.2) is 11.9 Å². The fourth-order valence-corrected chi connectivity index (χ4v) is 1.88. The summed E-state index contributed by atoms with van der Waals surface area (Å²) in [5.41, 5.74) is 1.77. The molecule has 4 heteroatoms. The van der Waals surface area contributed by atoms with Gasteiger partial charge in [-0.05, 0) is 73.9 Å². The summed E-state index contributed by atoms with van der Waals surface area (Å²) in [7, 11) is 0. The SMILES string of the molecule is CC#CC#CC#Cc1ccc(OC(=O)/C=C\C(=O)Oc2ccc(C)cc2)cc1.[HH]. The summed E-state index contributed by atoms with van der Waals surface area (Å²) in [6.07, 6.45) is 2.02. The van der Waals surface area contributed by atoms with Crippen molar-refractivity contribution in [2.45, 2.75) is 13.8 Å². The average molecular weight is 370 g/mol. The van der Waals surface area contributed by atoms with E-state index in [-0.39, 0.29) is 1.43 Å². The summed E-state index contributed by atoms with van der Waals surface area (Å²) in [6, 6.07) is 13.6. The van der Waals surface area contributed by atoms with Crippen LogP contribution in [0, 0.1) is 42.4 Å². The molecule has 0 unspecified atom stereocenters. The zero-order chi connectivity index (χ0) is 20.2. The number of carbonyl (C=O) groups is 2. The maximum Gasteiger partial charge on any atom is 0.336 e. The Morgan fingerprint density at radius 1 is 0.786 bits per heavy atom. The molecule has 0 aliphatic heterocycles. The molecule has 0 aromatic heterocycles. The zero-order valence-electron chi connectivity index (χ0n) is 15.4. The van der Waals surface area contributed by atoms with Crippen molar-refractivity contribution in [2.75, 3.05) is 0 Å².